The normalized spacial score (nSPS) is 14.3. The molecule has 4 nitrogen and oxygen atoms in total. The summed E-state index contributed by atoms with van der Waals surface area (Å²) >= 11 is 5.65. The molecule has 1 aromatic carbocycles. The number of aliphatic hydroxyl groups is 1. The van der Waals surface area contributed by atoms with E-state index in [0.717, 1.165) is 6.07 Å². The molecule has 0 heterocycles. The molecule has 2 N–H and O–H groups in total. The van der Waals surface area contributed by atoms with Crippen molar-refractivity contribution in [3.8, 4) is 0 Å². The Balaban J connectivity index is 3.24. The molecule has 1 rings (SSSR count). The monoisotopic (exact) mass is 331 g/mol. The maximum Gasteiger partial charge on any atom is 0.416 e. The fraction of sp³-hybridized carbons (Fsp3) is 0.455. The molecule has 20 heavy (non-hydrogen) atoms. The van der Waals surface area contributed by atoms with Gasteiger partial charge >= 0.3 is 6.18 Å². The molecule has 0 aliphatic heterocycles. The van der Waals surface area contributed by atoms with Gasteiger partial charge in [-0.25, -0.2) is 13.1 Å². The maximum atomic E-state index is 12.6. The minimum absolute atomic E-state index is 0.284. The number of rotatable bonds is 5. The van der Waals surface area contributed by atoms with Crippen molar-refractivity contribution in [3.63, 3.8) is 0 Å². The first-order valence-electron chi connectivity index (χ1n) is 5.61. The molecular weight excluding hydrogens is 319 g/mol. The van der Waals surface area contributed by atoms with Crippen LogP contribution in [0.1, 0.15) is 18.9 Å². The van der Waals surface area contributed by atoms with Gasteiger partial charge in [-0.1, -0.05) is 18.5 Å². The third kappa shape index (κ3) is 4.08. The molecule has 9 heteroatoms. The fourth-order valence-electron chi connectivity index (χ4n) is 1.42. The lowest BCUT2D eigenvalue weighted by Gasteiger charge is -2.16. The zero-order valence-corrected chi connectivity index (χ0v) is 12.0. The van der Waals surface area contributed by atoms with Gasteiger partial charge in [-0.05, 0) is 24.6 Å². The number of benzene rings is 1. The molecule has 0 fully saturated rings. The number of alkyl halides is 3. The topological polar surface area (TPSA) is 66.4 Å². The van der Waals surface area contributed by atoms with E-state index < -0.39 is 39.3 Å². The number of halogens is 4. The van der Waals surface area contributed by atoms with Gasteiger partial charge in [0.2, 0.25) is 10.0 Å². The zero-order valence-electron chi connectivity index (χ0n) is 10.4. The van der Waals surface area contributed by atoms with Crippen molar-refractivity contribution in [1.82, 2.24) is 4.72 Å². The van der Waals surface area contributed by atoms with Crippen LogP contribution < -0.4 is 4.72 Å². The third-order valence-corrected chi connectivity index (χ3v) is 4.59. The first-order chi connectivity index (χ1) is 9.11. The molecular formula is C11H13ClF3NO3S. The SMILES string of the molecule is CC[C@H](CO)NS(=O)(=O)c1cc(C(F)(F)F)ccc1Cl. The standard InChI is InChI=1S/C11H13ClF3NO3S/c1-2-8(6-17)16-20(18,19)10-5-7(11(13,14)15)3-4-9(10)12/h3-5,8,16-17H,2,6H2,1H3/t8-/m1/s1. The van der Waals surface area contributed by atoms with Crippen LogP contribution in [0.15, 0.2) is 23.1 Å². The van der Waals surface area contributed by atoms with E-state index in [4.69, 9.17) is 16.7 Å². The van der Waals surface area contributed by atoms with E-state index in [9.17, 15) is 21.6 Å². The van der Waals surface area contributed by atoms with Crippen molar-refractivity contribution in [2.75, 3.05) is 6.61 Å². The third-order valence-electron chi connectivity index (χ3n) is 2.58. The molecule has 0 aromatic heterocycles. The van der Waals surface area contributed by atoms with Crippen LogP contribution in [0.5, 0.6) is 0 Å². The van der Waals surface area contributed by atoms with E-state index in [0.29, 0.717) is 12.1 Å². The Hall–Kier alpha value is -0.830. The van der Waals surface area contributed by atoms with E-state index in [1.807, 2.05) is 0 Å². The second-order valence-corrected chi connectivity index (χ2v) is 6.14. The predicted molar refractivity (Wildman–Crippen MR) is 67.9 cm³/mol. The summed E-state index contributed by atoms with van der Waals surface area (Å²) in [4.78, 5) is -0.666. The summed E-state index contributed by atoms with van der Waals surface area (Å²) in [5.41, 5.74) is -1.11. The second-order valence-electron chi connectivity index (χ2n) is 4.05. The largest absolute Gasteiger partial charge is 0.416 e. The molecule has 0 radical (unpaired) electrons. The first kappa shape index (κ1) is 17.2. The number of hydrogen-bond donors (Lipinski definition) is 2. The Bertz CT molecular complexity index is 571. The highest BCUT2D eigenvalue weighted by Gasteiger charge is 2.33. The molecule has 1 atom stereocenters. The lowest BCUT2D eigenvalue weighted by molar-refractivity contribution is -0.137. The van der Waals surface area contributed by atoms with Crippen molar-refractivity contribution in [2.24, 2.45) is 0 Å². The number of hydrogen-bond acceptors (Lipinski definition) is 3. The van der Waals surface area contributed by atoms with Crippen LogP contribution >= 0.6 is 11.6 Å². The van der Waals surface area contributed by atoms with Crippen LogP contribution in [-0.2, 0) is 16.2 Å². The molecule has 1 aromatic rings. The average molecular weight is 332 g/mol. The van der Waals surface area contributed by atoms with Gasteiger partial charge in [-0.3, -0.25) is 0 Å². The molecule has 0 spiro atoms. The van der Waals surface area contributed by atoms with E-state index in [2.05, 4.69) is 4.72 Å². The van der Waals surface area contributed by atoms with Crippen molar-refractivity contribution in [1.29, 1.82) is 0 Å². The molecule has 0 aliphatic carbocycles. The summed E-state index contributed by atoms with van der Waals surface area (Å²) in [5, 5.41) is 8.63. The molecule has 0 bridgehead atoms. The first-order valence-corrected chi connectivity index (χ1v) is 7.48. The Labute approximate surface area is 119 Å². The van der Waals surface area contributed by atoms with Crippen molar-refractivity contribution >= 4 is 21.6 Å². The van der Waals surface area contributed by atoms with Crippen molar-refractivity contribution in [2.45, 2.75) is 30.5 Å². The van der Waals surface area contributed by atoms with Crippen molar-refractivity contribution in [3.05, 3.63) is 28.8 Å². The van der Waals surface area contributed by atoms with Crippen LogP contribution in [0, 0.1) is 0 Å². The van der Waals surface area contributed by atoms with Gasteiger partial charge in [0, 0.05) is 6.04 Å². The molecule has 0 aliphatic rings. The van der Waals surface area contributed by atoms with Crippen LogP contribution in [0.2, 0.25) is 5.02 Å². The van der Waals surface area contributed by atoms with Gasteiger partial charge in [0.1, 0.15) is 4.90 Å². The Morgan fingerprint density at radius 2 is 2.00 bits per heavy atom. The van der Waals surface area contributed by atoms with Crippen LogP contribution in [0.25, 0.3) is 0 Å². The van der Waals surface area contributed by atoms with Gasteiger partial charge in [0.25, 0.3) is 0 Å². The predicted octanol–water partition coefficient (Wildman–Crippen LogP) is 2.41. The molecule has 0 unspecified atom stereocenters. The van der Waals surface area contributed by atoms with E-state index in [1.165, 1.54) is 0 Å². The quantitative estimate of drug-likeness (QED) is 0.870. The smallest absolute Gasteiger partial charge is 0.395 e. The minimum Gasteiger partial charge on any atom is -0.395 e. The van der Waals surface area contributed by atoms with Gasteiger partial charge in [-0.15, -0.1) is 0 Å². The van der Waals surface area contributed by atoms with E-state index >= 15 is 0 Å². The molecule has 0 amide bonds. The lowest BCUT2D eigenvalue weighted by Crippen LogP contribution is -2.37. The molecule has 114 valence electrons. The second kappa shape index (κ2) is 6.30. The van der Waals surface area contributed by atoms with Gasteiger partial charge in [0.05, 0.1) is 17.2 Å². The molecule has 0 saturated carbocycles. The summed E-state index contributed by atoms with van der Waals surface area (Å²) < 4.78 is 63.8. The summed E-state index contributed by atoms with van der Waals surface area (Å²) in [5.74, 6) is 0. The highest BCUT2D eigenvalue weighted by molar-refractivity contribution is 7.89. The van der Waals surface area contributed by atoms with Crippen LogP contribution in [0.4, 0.5) is 13.2 Å². The Kier molecular flexibility index (Phi) is 5.42. The maximum absolute atomic E-state index is 12.6. The highest BCUT2D eigenvalue weighted by atomic mass is 35.5. The number of nitrogens with one attached hydrogen (secondary N) is 1. The minimum atomic E-state index is -4.67. The Morgan fingerprint density at radius 1 is 1.40 bits per heavy atom. The number of sulfonamides is 1. The van der Waals surface area contributed by atoms with Crippen LogP contribution in [0.3, 0.4) is 0 Å². The van der Waals surface area contributed by atoms with Crippen molar-refractivity contribution < 1.29 is 26.7 Å². The summed E-state index contributed by atoms with van der Waals surface area (Å²) in [6.07, 6.45) is -4.39. The fourth-order valence-corrected chi connectivity index (χ4v) is 3.25. The summed E-state index contributed by atoms with van der Waals surface area (Å²) in [7, 11) is -4.24. The van der Waals surface area contributed by atoms with Crippen LogP contribution in [-0.4, -0.2) is 26.2 Å². The van der Waals surface area contributed by atoms with E-state index in [-0.39, 0.29) is 11.4 Å². The zero-order chi connectivity index (χ0) is 15.6. The number of aliphatic hydroxyl groups excluding tert-OH is 1. The Morgan fingerprint density at radius 3 is 2.45 bits per heavy atom. The lowest BCUT2D eigenvalue weighted by atomic mass is 10.2. The van der Waals surface area contributed by atoms with Gasteiger partial charge < -0.3 is 5.11 Å². The van der Waals surface area contributed by atoms with Gasteiger partial charge in [0.15, 0.2) is 0 Å². The summed E-state index contributed by atoms with van der Waals surface area (Å²) in [6.45, 7) is 1.16. The molecule has 0 saturated heterocycles. The van der Waals surface area contributed by atoms with E-state index in [1.54, 1.807) is 6.92 Å². The van der Waals surface area contributed by atoms with Gasteiger partial charge in [-0.2, -0.15) is 13.2 Å². The summed E-state index contributed by atoms with van der Waals surface area (Å²) in [6, 6.07) is 1.25. The average Bonchev–Trinajstić information content (AvgIpc) is 2.34. The highest BCUT2D eigenvalue weighted by Crippen LogP contribution is 2.33.